The van der Waals surface area contributed by atoms with Crippen LogP contribution in [-0.2, 0) is 4.79 Å². The van der Waals surface area contributed by atoms with E-state index in [0.29, 0.717) is 6.42 Å². The first-order chi connectivity index (χ1) is 7.66. The van der Waals surface area contributed by atoms with Crippen LogP contribution < -0.4 is 0 Å². The third kappa shape index (κ3) is 11.8. The van der Waals surface area contributed by atoms with Crippen molar-refractivity contribution in [3.05, 3.63) is 0 Å². The van der Waals surface area contributed by atoms with E-state index in [4.69, 9.17) is 16.7 Å². The van der Waals surface area contributed by atoms with Gasteiger partial charge in [0, 0.05) is 11.8 Å². The third-order valence-corrected chi connectivity index (χ3v) is 3.23. The second-order valence-electron chi connectivity index (χ2n) is 4.44. The topological polar surface area (TPSA) is 37.3 Å². The SMILES string of the molecule is CCCCCCCCCC(Cl)CCC(=O)O. The van der Waals surface area contributed by atoms with Gasteiger partial charge in [-0.3, -0.25) is 4.79 Å². The van der Waals surface area contributed by atoms with Crippen molar-refractivity contribution in [1.29, 1.82) is 0 Å². The van der Waals surface area contributed by atoms with Crippen molar-refractivity contribution in [3.8, 4) is 0 Å². The summed E-state index contributed by atoms with van der Waals surface area (Å²) in [7, 11) is 0. The van der Waals surface area contributed by atoms with Gasteiger partial charge >= 0.3 is 5.97 Å². The van der Waals surface area contributed by atoms with Crippen LogP contribution in [0.1, 0.15) is 71.1 Å². The van der Waals surface area contributed by atoms with Crippen molar-refractivity contribution in [1.82, 2.24) is 0 Å². The molecule has 0 radical (unpaired) electrons. The van der Waals surface area contributed by atoms with Crippen molar-refractivity contribution >= 4 is 17.6 Å². The number of aliphatic carboxylic acids is 1. The summed E-state index contributed by atoms with van der Waals surface area (Å²) in [6.45, 7) is 2.22. The molecule has 0 aromatic heterocycles. The van der Waals surface area contributed by atoms with Crippen molar-refractivity contribution < 1.29 is 9.90 Å². The zero-order valence-electron chi connectivity index (χ0n) is 10.4. The molecule has 0 amide bonds. The molecule has 1 atom stereocenters. The van der Waals surface area contributed by atoms with Gasteiger partial charge in [-0.15, -0.1) is 11.6 Å². The minimum atomic E-state index is -0.745. The molecule has 16 heavy (non-hydrogen) atoms. The number of carbonyl (C=O) groups is 1. The summed E-state index contributed by atoms with van der Waals surface area (Å²) in [4.78, 5) is 10.3. The second kappa shape index (κ2) is 11.3. The summed E-state index contributed by atoms with van der Waals surface area (Å²) in [6, 6.07) is 0. The lowest BCUT2D eigenvalue weighted by Gasteiger charge is -2.07. The molecular formula is C13H25ClO2. The average molecular weight is 249 g/mol. The summed E-state index contributed by atoms with van der Waals surface area (Å²) >= 11 is 6.02. The van der Waals surface area contributed by atoms with E-state index in [1.807, 2.05) is 0 Å². The van der Waals surface area contributed by atoms with Gasteiger partial charge in [0.2, 0.25) is 0 Å². The molecule has 3 heteroatoms. The zero-order chi connectivity index (χ0) is 12.2. The summed E-state index contributed by atoms with van der Waals surface area (Å²) < 4.78 is 0. The number of unbranched alkanes of at least 4 members (excludes halogenated alkanes) is 6. The van der Waals surface area contributed by atoms with Gasteiger partial charge in [0.15, 0.2) is 0 Å². The number of hydrogen-bond acceptors (Lipinski definition) is 1. The van der Waals surface area contributed by atoms with Gasteiger partial charge < -0.3 is 5.11 Å². The van der Waals surface area contributed by atoms with Crippen LogP contribution in [0.2, 0.25) is 0 Å². The Hall–Kier alpha value is -0.240. The van der Waals surface area contributed by atoms with Crippen LogP contribution in [-0.4, -0.2) is 16.5 Å². The molecule has 0 aliphatic carbocycles. The monoisotopic (exact) mass is 248 g/mol. The Bertz CT molecular complexity index is 171. The van der Waals surface area contributed by atoms with Gasteiger partial charge in [0.05, 0.1) is 0 Å². The molecule has 0 rings (SSSR count). The highest BCUT2D eigenvalue weighted by molar-refractivity contribution is 6.20. The molecule has 0 fully saturated rings. The quantitative estimate of drug-likeness (QED) is 0.429. The van der Waals surface area contributed by atoms with Gasteiger partial charge in [-0.1, -0.05) is 51.9 Å². The van der Waals surface area contributed by atoms with E-state index in [1.54, 1.807) is 0 Å². The second-order valence-corrected chi connectivity index (χ2v) is 5.06. The molecule has 0 aromatic rings. The molecule has 2 nitrogen and oxygen atoms in total. The molecule has 0 saturated carbocycles. The van der Waals surface area contributed by atoms with E-state index in [9.17, 15) is 4.79 Å². The van der Waals surface area contributed by atoms with Gasteiger partial charge in [-0.25, -0.2) is 0 Å². The molecule has 0 aliphatic heterocycles. The molecule has 0 bridgehead atoms. The molecule has 0 heterocycles. The fourth-order valence-corrected chi connectivity index (χ4v) is 2.01. The molecule has 0 spiro atoms. The Morgan fingerprint density at radius 2 is 1.62 bits per heavy atom. The van der Waals surface area contributed by atoms with Crippen molar-refractivity contribution in [2.75, 3.05) is 0 Å². The normalized spacial score (nSPS) is 12.6. The Labute approximate surface area is 104 Å². The predicted octanol–water partition coefficient (Wildman–Crippen LogP) is 4.60. The van der Waals surface area contributed by atoms with Crippen LogP contribution in [0.25, 0.3) is 0 Å². The molecular weight excluding hydrogens is 224 g/mol. The number of hydrogen-bond donors (Lipinski definition) is 1. The maximum Gasteiger partial charge on any atom is 0.303 e. The summed E-state index contributed by atoms with van der Waals surface area (Å²) in [6.07, 6.45) is 10.7. The highest BCUT2D eigenvalue weighted by Gasteiger charge is 2.06. The van der Waals surface area contributed by atoms with Crippen molar-refractivity contribution in [2.45, 2.75) is 76.5 Å². The predicted molar refractivity (Wildman–Crippen MR) is 69.1 cm³/mol. The largest absolute Gasteiger partial charge is 0.481 e. The smallest absolute Gasteiger partial charge is 0.303 e. The van der Waals surface area contributed by atoms with E-state index in [2.05, 4.69) is 6.92 Å². The Morgan fingerprint density at radius 3 is 2.19 bits per heavy atom. The number of halogens is 1. The summed E-state index contributed by atoms with van der Waals surface area (Å²) in [5.74, 6) is -0.745. The van der Waals surface area contributed by atoms with Crippen LogP contribution in [0.3, 0.4) is 0 Å². The Balaban J connectivity index is 3.15. The number of rotatable bonds is 11. The maximum atomic E-state index is 10.3. The minimum absolute atomic E-state index is 0.0479. The lowest BCUT2D eigenvalue weighted by molar-refractivity contribution is -0.137. The molecule has 96 valence electrons. The van der Waals surface area contributed by atoms with Crippen molar-refractivity contribution in [3.63, 3.8) is 0 Å². The number of alkyl halides is 1. The highest BCUT2D eigenvalue weighted by atomic mass is 35.5. The van der Waals surface area contributed by atoms with E-state index >= 15 is 0 Å². The van der Waals surface area contributed by atoms with Gasteiger partial charge in [0.25, 0.3) is 0 Å². The summed E-state index contributed by atoms with van der Waals surface area (Å²) in [5.41, 5.74) is 0. The lowest BCUT2D eigenvalue weighted by Crippen LogP contribution is -2.03. The highest BCUT2D eigenvalue weighted by Crippen LogP contribution is 2.15. The fraction of sp³-hybridized carbons (Fsp3) is 0.923. The van der Waals surface area contributed by atoms with E-state index in [1.165, 1.54) is 38.5 Å². The van der Waals surface area contributed by atoms with Gasteiger partial charge in [0.1, 0.15) is 0 Å². The molecule has 0 aliphatic rings. The third-order valence-electron chi connectivity index (χ3n) is 2.79. The van der Waals surface area contributed by atoms with E-state index in [0.717, 1.165) is 12.8 Å². The molecule has 1 unspecified atom stereocenters. The van der Waals surface area contributed by atoms with Crippen LogP contribution in [0, 0.1) is 0 Å². The van der Waals surface area contributed by atoms with Crippen LogP contribution >= 0.6 is 11.6 Å². The summed E-state index contributed by atoms with van der Waals surface area (Å²) in [5, 5.41) is 8.54. The minimum Gasteiger partial charge on any atom is -0.481 e. The van der Waals surface area contributed by atoms with Crippen LogP contribution in [0.5, 0.6) is 0 Å². The Kier molecular flexibility index (Phi) is 11.1. The van der Waals surface area contributed by atoms with Crippen LogP contribution in [0.4, 0.5) is 0 Å². The maximum absolute atomic E-state index is 10.3. The fourth-order valence-electron chi connectivity index (χ4n) is 1.75. The van der Waals surface area contributed by atoms with Crippen molar-refractivity contribution in [2.24, 2.45) is 0 Å². The molecule has 0 saturated heterocycles. The average Bonchev–Trinajstić information content (AvgIpc) is 2.25. The van der Waals surface area contributed by atoms with E-state index < -0.39 is 5.97 Å². The first-order valence-electron chi connectivity index (χ1n) is 6.52. The first kappa shape index (κ1) is 15.8. The molecule has 1 N–H and O–H groups in total. The number of carboxylic acid groups (broad SMARTS) is 1. The lowest BCUT2D eigenvalue weighted by atomic mass is 10.1. The number of carboxylic acids is 1. The van der Waals surface area contributed by atoms with Crippen LogP contribution in [0.15, 0.2) is 0 Å². The first-order valence-corrected chi connectivity index (χ1v) is 6.96. The molecule has 0 aromatic carbocycles. The Morgan fingerprint density at radius 1 is 1.06 bits per heavy atom. The standard InChI is InChI=1S/C13H25ClO2/c1-2-3-4-5-6-7-8-9-12(14)10-11-13(15)16/h12H,2-11H2,1H3,(H,15,16). The van der Waals surface area contributed by atoms with Gasteiger partial charge in [-0.05, 0) is 12.8 Å². The van der Waals surface area contributed by atoms with E-state index in [-0.39, 0.29) is 11.8 Å². The van der Waals surface area contributed by atoms with Gasteiger partial charge in [-0.2, -0.15) is 0 Å². The zero-order valence-corrected chi connectivity index (χ0v) is 11.1.